The number of hydroxylamine groups is 2. The van der Waals surface area contributed by atoms with E-state index in [1.165, 1.54) is 0 Å². The van der Waals surface area contributed by atoms with Crippen molar-refractivity contribution in [2.45, 2.75) is 26.4 Å². The van der Waals surface area contributed by atoms with E-state index in [1.54, 1.807) is 13.8 Å². The molecule has 0 aliphatic carbocycles. The predicted molar refractivity (Wildman–Crippen MR) is 86.4 cm³/mol. The van der Waals surface area contributed by atoms with E-state index in [0.29, 0.717) is 17.0 Å². The lowest BCUT2D eigenvalue weighted by atomic mass is 10.00. The van der Waals surface area contributed by atoms with Crippen molar-refractivity contribution in [3.63, 3.8) is 0 Å². The number of hydrogen-bond donors (Lipinski definition) is 0. The first-order chi connectivity index (χ1) is 10.5. The molecule has 1 aliphatic heterocycles. The zero-order valence-electron chi connectivity index (χ0n) is 12.9. The quantitative estimate of drug-likeness (QED) is 0.782. The van der Waals surface area contributed by atoms with Crippen LogP contribution in [-0.4, -0.2) is 9.82 Å². The van der Waals surface area contributed by atoms with Crippen molar-refractivity contribution in [2.24, 2.45) is 0 Å². The zero-order chi connectivity index (χ0) is 15.9. The summed E-state index contributed by atoms with van der Waals surface area (Å²) in [5, 5.41) is 13.5. The summed E-state index contributed by atoms with van der Waals surface area (Å²) in [4.78, 5) is 13.0. The lowest BCUT2D eigenvalue weighted by Crippen LogP contribution is -2.41. The monoisotopic (exact) mass is 294 g/mol. The summed E-state index contributed by atoms with van der Waals surface area (Å²) in [6, 6.07) is 16.8. The number of nitrogens with zero attached hydrogens (tertiary/aromatic N) is 2. The number of benzene rings is 2. The van der Waals surface area contributed by atoms with E-state index in [-0.39, 0.29) is 0 Å². The van der Waals surface area contributed by atoms with Crippen molar-refractivity contribution in [1.29, 1.82) is 0 Å². The van der Waals surface area contributed by atoms with Crippen LogP contribution in [0.5, 0.6) is 0 Å². The van der Waals surface area contributed by atoms with Gasteiger partial charge in [-0.25, -0.2) is 0 Å². The minimum Gasteiger partial charge on any atom is -0.753 e. The van der Waals surface area contributed by atoms with Gasteiger partial charge >= 0.3 is 5.66 Å². The van der Waals surface area contributed by atoms with E-state index in [4.69, 9.17) is 0 Å². The minimum absolute atomic E-state index is 0.429. The van der Waals surface area contributed by atoms with Crippen LogP contribution in [0, 0.1) is 17.0 Å². The van der Waals surface area contributed by atoms with Crippen LogP contribution in [-0.2, 0) is 5.66 Å². The van der Waals surface area contributed by atoms with Crippen molar-refractivity contribution in [2.75, 3.05) is 0 Å². The average Bonchev–Trinajstić information content (AvgIpc) is 2.71. The number of hydrogen-bond acceptors (Lipinski definition) is 3. The molecule has 1 atom stereocenters. The van der Waals surface area contributed by atoms with Crippen LogP contribution in [0.25, 0.3) is 5.70 Å². The second kappa shape index (κ2) is 5.07. The molecule has 0 saturated heterocycles. The van der Waals surface area contributed by atoms with Crippen LogP contribution in [0.4, 0.5) is 0 Å². The van der Waals surface area contributed by atoms with Crippen molar-refractivity contribution in [3.8, 4) is 0 Å². The zero-order valence-corrected chi connectivity index (χ0v) is 12.9. The van der Waals surface area contributed by atoms with Crippen molar-refractivity contribution in [3.05, 3.63) is 87.1 Å². The fourth-order valence-corrected chi connectivity index (χ4v) is 2.90. The molecule has 2 aromatic rings. The van der Waals surface area contributed by atoms with Gasteiger partial charge in [-0.15, -0.1) is 0 Å². The highest BCUT2D eigenvalue weighted by Gasteiger charge is 2.54. The van der Waals surface area contributed by atoms with Crippen LogP contribution in [0.1, 0.15) is 30.5 Å². The predicted octanol–water partition coefficient (Wildman–Crippen LogP) is 4.15. The Morgan fingerprint density at radius 1 is 1.00 bits per heavy atom. The molecule has 4 heteroatoms. The van der Waals surface area contributed by atoms with Gasteiger partial charge in [0.1, 0.15) is 0 Å². The average molecular weight is 294 g/mol. The number of allylic oxidation sites excluding steroid dienone is 1. The molecular formula is C18H18N2O2. The first kappa shape index (κ1) is 14.5. The molecule has 0 bridgehead atoms. The highest BCUT2D eigenvalue weighted by Crippen LogP contribution is 2.43. The topological polar surface area (TPSA) is 46.4 Å². The third-order valence-electron chi connectivity index (χ3n) is 4.29. The molecule has 112 valence electrons. The standard InChI is InChI=1S/C18H18N2O2/c1-13-9-11-16(12-10-13)18(3)19(21)14(2)17(20(18)22)15-7-5-4-6-8-15/h4-12H,1-3H3. The Hall–Kier alpha value is -2.46. The lowest BCUT2D eigenvalue weighted by molar-refractivity contribution is -0.565. The summed E-state index contributed by atoms with van der Waals surface area (Å²) >= 11 is 0. The van der Waals surface area contributed by atoms with Gasteiger partial charge in [0.2, 0.25) is 0 Å². The molecular weight excluding hydrogens is 276 g/mol. The molecule has 0 radical (unpaired) electrons. The third-order valence-corrected chi connectivity index (χ3v) is 4.29. The third kappa shape index (κ3) is 1.96. The van der Waals surface area contributed by atoms with Gasteiger partial charge in [0, 0.05) is 17.4 Å². The molecule has 4 nitrogen and oxygen atoms in total. The molecule has 22 heavy (non-hydrogen) atoms. The van der Waals surface area contributed by atoms with E-state index >= 15 is 0 Å². The van der Waals surface area contributed by atoms with E-state index in [2.05, 4.69) is 0 Å². The van der Waals surface area contributed by atoms with Crippen LogP contribution in [0.15, 0.2) is 60.3 Å². The van der Waals surface area contributed by atoms with E-state index in [9.17, 15) is 10.1 Å². The lowest BCUT2D eigenvalue weighted by Gasteiger charge is -2.35. The maximum atomic E-state index is 13.0. The SMILES string of the molecule is CC1=C(c2ccccc2)[N+](=O)C(C)(c2ccc(C)cc2)N1[O-]. The van der Waals surface area contributed by atoms with Gasteiger partial charge in [-0.1, -0.05) is 35.9 Å². The smallest absolute Gasteiger partial charge is 0.306 e. The first-order valence-electron chi connectivity index (χ1n) is 7.24. The normalized spacial score (nSPS) is 21.6. The Balaban J connectivity index is 2.11. The molecule has 3 rings (SSSR count). The maximum Gasteiger partial charge on any atom is 0.306 e. The Morgan fingerprint density at radius 2 is 1.59 bits per heavy atom. The van der Waals surface area contributed by atoms with Crippen LogP contribution < -0.4 is 0 Å². The summed E-state index contributed by atoms with van der Waals surface area (Å²) in [5.74, 6) is 0. The summed E-state index contributed by atoms with van der Waals surface area (Å²) < 4.78 is 0.829. The molecule has 0 amide bonds. The Morgan fingerprint density at radius 3 is 2.18 bits per heavy atom. The molecule has 1 unspecified atom stereocenters. The fraction of sp³-hybridized carbons (Fsp3) is 0.222. The molecule has 0 saturated carbocycles. The van der Waals surface area contributed by atoms with Crippen LogP contribution >= 0.6 is 0 Å². The van der Waals surface area contributed by atoms with Crippen LogP contribution in [0.2, 0.25) is 0 Å². The fourth-order valence-electron chi connectivity index (χ4n) is 2.90. The molecule has 0 fully saturated rings. The highest BCUT2D eigenvalue weighted by atomic mass is 16.5. The van der Waals surface area contributed by atoms with Crippen molar-refractivity contribution in [1.82, 2.24) is 5.06 Å². The molecule has 2 aromatic carbocycles. The summed E-state index contributed by atoms with van der Waals surface area (Å²) in [6.45, 7) is 5.33. The number of nitroso groups, excluding NO2 is 1. The second-order valence-electron chi connectivity index (χ2n) is 5.78. The maximum absolute atomic E-state index is 13.0. The summed E-state index contributed by atoms with van der Waals surface area (Å²) in [5.41, 5.74) is 2.12. The van der Waals surface area contributed by atoms with Gasteiger partial charge in [0.05, 0.1) is 16.0 Å². The van der Waals surface area contributed by atoms with Gasteiger partial charge in [0.25, 0.3) is 5.70 Å². The molecule has 0 N–H and O–H groups in total. The van der Waals surface area contributed by atoms with Crippen LogP contribution in [0.3, 0.4) is 0 Å². The van der Waals surface area contributed by atoms with E-state index < -0.39 is 5.66 Å². The molecule has 0 spiro atoms. The van der Waals surface area contributed by atoms with Crippen molar-refractivity contribution >= 4 is 5.70 Å². The van der Waals surface area contributed by atoms with E-state index in [1.807, 2.05) is 61.5 Å². The Kier molecular flexibility index (Phi) is 3.34. The van der Waals surface area contributed by atoms with Gasteiger partial charge < -0.3 is 10.3 Å². The minimum atomic E-state index is -1.27. The Labute approximate surface area is 129 Å². The summed E-state index contributed by atoms with van der Waals surface area (Å²) in [7, 11) is 0. The first-order valence-corrected chi connectivity index (χ1v) is 7.24. The highest BCUT2D eigenvalue weighted by molar-refractivity contribution is 5.63. The van der Waals surface area contributed by atoms with Gasteiger partial charge in [-0.2, -0.15) is 0 Å². The van der Waals surface area contributed by atoms with Gasteiger partial charge in [0.15, 0.2) is 0 Å². The van der Waals surface area contributed by atoms with Crippen molar-refractivity contribution < 1.29 is 4.76 Å². The van der Waals surface area contributed by atoms with Gasteiger partial charge in [-0.05, 0) is 38.1 Å². The molecule has 1 heterocycles. The number of aryl methyl sites for hydroxylation is 1. The second-order valence-corrected chi connectivity index (χ2v) is 5.78. The van der Waals surface area contributed by atoms with E-state index in [0.717, 1.165) is 21.0 Å². The summed E-state index contributed by atoms with van der Waals surface area (Å²) in [6.07, 6.45) is 0. The molecule has 1 aliphatic rings. The largest absolute Gasteiger partial charge is 0.753 e. The number of rotatable bonds is 2. The van der Waals surface area contributed by atoms with Gasteiger partial charge in [-0.3, -0.25) is 0 Å². The molecule has 0 aromatic heterocycles. The Bertz CT molecular complexity index is 750.